The zero-order valence-electron chi connectivity index (χ0n) is 8.81. The Balaban J connectivity index is 2.32. The Kier molecular flexibility index (Phi) is 2.86. The van der Waals surface area contributed by atoms with Crippen molar-refractivity contribution in [2.45, 2.75) is 0 Å². The van der Waals surface area contributed by atoms with E-state index >= 15 is 0 Å². The van der Waals surface area contributed by atoms with Crippen molar-refractivity contribution in [2.24, 2.45) is 0 Å². The Bertz CT molecular complexity index is 738. The van der Waals surface area contributed by atoms with Crippen molar-refractivity contribution in [1.82, 2.24) is 19.6 Å². The smallest absolute Gasteiger partial charge is 0.198 e. The molecule has 2 heterocycles. The Hall–Kier alpha value is -1.36. The van der Waals surface area contributed by atoms with Gasteiger partial charge >= 0.3 is 0 Å². The molecule has 0 fully saturated rings. The molecule has 0 aliphatic carbocycles. The van der Waals surface area contributed by atoms with Gasteiger partial charge in [-0.15, -0.1) is 10.2 Å². The molecule has 0 aliphatic heterocycles. The molecule has 3 aromatic rings. The molecule has 0 aliphatic rings. The number of aromatic nitrogens is 4. The summed E-state index contributed by atoms with van der Waals surface area (Å²) in [5.74, 6) is 0.571. The number of fused-ring (bicyclic) bond motifs is 1. The standard InChI is InChI=1S/C11H5Cl3N4/c12-6-1-2-8(13)7(5-6)10-16-17-11-9(14)15-3-4-18(10)11/h1-5H. The second-order valence-corrected chi connectivity index (χ2v) is 4.76. The zero-order valence-corrected chi connectivity index (χ0v) is 11.1. The van der Waals surface area contributed by atoms with Gasteiger partial charge in [-0.25, -0.2) is 4.98 Å². The van der Waals surface area contributed by atoms with Crippen molar-refractivity contribution in [3.63, 3.8) is 0 Å². The summed E-state index contributed by atoms with van der Waals surface area (Å²) in [5, 5.41) is 9.46. The number of nitrogens with zero attached hydrogens (tertiary/aromatic N) is 4. The van der Waals surface area contributed by atoms with Crippen LogP contribution in [-0.2, 0) is 0 Å². The first-order valence-corrected chi connectivity index (χ1v) is 6.11. The number of benzene rings is 1. The van der Waals surface area contributed by atoms with Crippen molar-refractivity contribution in [1.29, 1.82) is 0 Å². The molecule has 18 heavy (non-hydrogen) atoms. The Labute approximate surface area is 117 Å². The Morgan fingerprint density at radius 2 is 1.89 bits per heavy atom. The van der Waals surface area contributed by atoms with Crippen LogP contribution in [0.25, 0.3) is 17.0 Å². The molecular formula is C11H5Cl3N4. The number of hydrogen-bond donors (Lipinski definition) is 0. The molecule has 90 valence electrons. The highest BCUT2D eigenvalue weighted by Gasteiger charge is 2.13. The van der Waals surface area contributed by atoms with Crippen LogP contribution in [0.2, 0.25) is 15.2 Å². The molecule has 7 heteroatoms. The third-order valence-electron chi connectivity index (χ3n) is 2.45. The van der Waals surface area contributed by atoms with Gasteiger partial charge in [-0.1, -0.05) is 34.8 Å². The van der Waals surface area contributed by atoms with E-state index in [2.05, 4.69) is 15.2 Å². The van der Waals surface area contributed by atoms with E-state index < -0.39 is 0 Å². The minimum absolute atomic E-state index is 0.286. The maximum atomic E-state index is 6.14. The molecule has 0 saturated heterocycles. The maximum absolute atomic E-state index is 6.14. The molecule has 4 nitrogen and oxygen atoms in total. The van der Waals surface area contributed by atoms with Crippen LogP contribution in [0, 0.1) is 0 Å². The Morgan fingerprint density at radius 3 is 2.72 bits per heavy atom. The van der Waals surface area contributed by atoms with Gasteiger partial charge in [0, 0.05) is 23.0 Å². The summed E-state index contributed by atoms with van der Waals surface area (Å²) in [4.78, 5) is 3.94. The van der Waals surface area contributed by atoms with E-state index in [4.69, 9.17) is 34.8 Å². The summed E-state index contributed by atoms with van der Waals surface area (Å²) in [5.41, 5.74) is 1.17. The topological polar surface area (TPSA) is 43.1 Å². The molecule has 0 N–H and O–H groups in total. The van der Waals surface area contributed by atoms with Crippen LogP contribution in [0.15, 0.2) is 30.6 Å². The molecule has 0 unspecified atom stereocenters. The van der Waals surface area contributed by atoms with Crippen LogP contribution in [-0.4, -0.2) is 19.6 Å². The molecule has 3 rings (SSSR count). The number of rotatable bonds is 1. The fraction of sp³-hybridized carbons (Fsp3) is 0. The average Bonchev–Trinajstić information content (AvgIpc) is 2.77. The third-order valence-corrected chi connectivity index (χ3v) is 3.28. The molecule has 0 bridgehead atoms. The van der Waals surface area contributed by atoms with Crippen LogP contribution in [0.5, 0.6) is 0 Å². The molecule has 0 radical (unpaired) electrons. The lowest BCUT2D eigenvalue weighted by atomic mass is 10.2. The van der Waals surface area contributed by atoms with Crippen molar-refractivity contribution in [3.8, 4) is 11.4 Å². The fourth-order valence-electron chi connectivity index (χ4n) is 1.65. The van der Waals surface area contributed by atoms with E-state index in [0.29, 0.717) is 27.1 Å². The van der Waals surface area contributed by atoms with Crippen LogP contribution >= 0.6 is 34.8 Å². The minimum atomic E-state index is 0.286. The van der Waals surface area contributed by atoms with Gasteiger partial charge < -0.3 is 0 Å². The van der Waals surface area contributed by atoms with Crippen LogP contribution in [0.1, 0.15) is 0 Å². The second-order valence-electron chi connectivity index (χ2n) is 3.56. The van der Waals surface area contributed by atoms with E-state index in [0.717, 1.165) is 0 Å². The normalized spacial score (nSPS) is 11.1. The predicted molar refractivity (Wildman–Crippen MR) is 71.2 cm³/mol. The monoisotopic (exact) mass is 298 g/mol. The van der Waals surface area contributed by atoms with E-state index in [-0.39, 0.29) is 5.15 Å². The number of hydrogen-bond acceptors (Lipinski definition) is 3. The lowest BCUT2D eigenvalue weighted by Crippen LogP contribution is -1.91. The molecule has 0 saturated carbocycles. The van der Waals surface area contributed by atoms with Crippen molar-refractivity contribution < 1.29 is 0 Å². The largest absolute Gasteiger partial charge is 0.278 e. The predicted octanol–water partition coefficient (Wildman–Crippen LogP) is 3.75. The quantitative estimate of drug-likeness (QED) is 0.687. The zero-order chi connectivity index (χ0) is 12.7. The summed E-state index contributed by atoms with van der Waals surface area (Å²) in [6.07, 6.45) is 3.29. The minimum Gasteiger partial charge on any atom is -0.278 e. The van der Waals surface area contributed by atoms with Gasteiger partial charge in [-0.05, 0) is 18.2 Å². The van der Waals surface area contributed by atoms with Crippen LogP contribution < -0.4 is 0 Å². The van der Waals surface area contributed by atoms with Crippen molar-refractivity contribution >= 4 is 40.4 Å². The van der Waals surface area contributed by atoms with Gasteiger partial charge in [0.2, 0.25) is 0 Å². The molecule has 0 spiro atoms. The van der Waals surface area contributed by atoms with E-state index in [1.165, 1.54) is 0 Å². The highest BCUT2D eigenvalue weighted by Crippen LogP contribution is 2.30. The SMILES string of the molecule is Clc1ccc(Cl)c(-c2nnc3c(Cl)nccn23)c1. The lowest BCUT2D eigenvalue weighted by molar-refractivity contribution is 1.11. The van der Waals surface area contributed by atoms with Gasteiger partial charge in [0.25, 0.3) is 0 Å². The first-order valence-electron chi connectivity index (χ1n) is 4.97. The highest BCUT2D eigenvalue weighted by molar-refractivity contribution is 6.35. The molecule has 1 aromatic carbocycles. The lowest BCUT2D eigenvalue weighted by Gasteiger charge is -2.03. The molecular weight excluding hydrogens is 295 g/mol. The first-order chi connectivity index (χ1) is 8.66. The summed E-state index contributed by atoms with van der Waals surface area (Å²) in [6, 6.07) is 5.16. The second kappa shape index (κ2) is 4.39. The van der Waals surface area contributed by atoms with Gasteiger partial charge in [0.15, 0.2) is 16.6 Å². The first kappa shape index (κ1) is 11.7. The van der Waals surface area contributed by atoms with E-state index in [9.17, 15) is 0 Å². The third kappa shape index (κ3) is 1.82. The molecule has 0 atom stereocenters. The molecule has 2 aromatic heterocycles. The van der Waals surface area contributed by atoms with Crippen molar-refractivity contribution in [2.75, 3.05) is 0 Å². The van der Waals surface area contributed by atoms with E-state index in [1.54, 1.807) is 35.0 Å². The Morgan fingerprint density at radius 1 is 1.06 bits per heavy atom. The van der Waals surface area contributed by atoms with Gasteiger partial charge in [0.05, 0.1) is 5.02 Å². The van der Waals surface area contributed by atoms with Crippen LogP contribution in [0.3, 0.4) is 0 Å². The summed E-state index contributed by atoms with van der Waals surface area (Å²) < 4.78 is 1.72. The van der Waals surface area contributed by atoms with Crippen molar-refractivity contribution in [3.05, 3.63) is 45.8 Å². The van der Waals surface area contributed by atoms with Gasteiger partial charge in [-0.3, -0.25) is 4.40 Å². The average molecular weight is 300 g/mol. The summed E-state index contributed by atoms with van der Waals surface area (Å²) >= 11 is 18.0. The van der Waals surface area contributed by atoms with Gasteiger partial charge in [0.1, 0.15) is 0 Å². The fourth-order valence-corrected chi connectivity index (χ4v) is 2.21. The highest BCUT2D eigenvalue weighted by atomic mass is 35.5. The summed E-state index contributed by atoms with van der Waals surface area (Å²) in [6.45, 7) is 0. The van der Waals surface area contributed by atoms with Crippen LogP contribution in [0.4, 0.5) is 0 Å². The maximum Gasteiger partial charge on any atom is 0.198 e. The molecule has 0 amide bonds. The van der Waals surface area contributed by atoms with Gasteiger partial charge in [-0.2, -0.15) is 0 Å². The van der Waals surface area contributed by atoms with E-state index in [1.807, 2.05) is 0 Å². The number of halogens is 3. The summed E-state index contributed by atoms with van der Waals surface area (Å²) in [7, 11) is 0.